The molecule has 1 aliphatic rings. The van der Waals surface area contributed by atoms with Gasteiger partial charge in [0.2, 0.25) is 0 Å². The zero-order valence-corrected chi connectivity index (χ0v) is 21.1. The molecule has 5 radical (unpaired) electrons. The molecule has 0 bridgehead atoms. The summed E-state index contributed by atoms with van der Waals surface area (Å²) in [7, 11) is -0.781. The van der Waals surface area contributed by atoms with Crippen molar-refractivity contribution in [2.24, 2.45) is 0 Å². The topological polar surface area (TPSA) is 26.3 Å². The number of carbonyl (C=O) groups is 1. The molecular weight excluding hydrogens is 459 g/mol. The fourth-order valence-corrected chi connectivity index (χ4v) is 7.16. The van der Waals surface area contributed by atoms with Crippen LogP contribution in [0.1, 0.15) is 24.0 Å². The second kappa shape index (κ2) is 11.7. The van der Waals surface area contributed by atoms with Gasteiger partial charge < -0.3 is 4.74 Å². The van der Waals surface area contributed by atoms with Crippen LogP contribution in [0.15, 0.2) is 121 Å². The van der Waals surface area contributed by atoms with E-state index in [0.29, 0.717) is 0 Å². The predicted octanol–water partition coefficient (Wildman–Crippen LogP) is 6.62. The number of carbonyl (C=O) groups excluding carboxylic acids is 1. The average molecular weight is 488 g/mol. The highest BCUT2D eigenvalue weighted by molar-refractivity contribution is 7.76. The predicted molar refractivity (Wildman–Crippen MR) is 149 cm³/mol. The van der Waals surface area contributed by atoms with E-state index in [1.165, 1.54) is 16.3 Å². The lowest BCUT2D eigenvalue weighted by Crippen LogP contribution is -2.30. The molecule has 0 N–H and O–H groups in total. The molecule has 1 fully saturated rings. The van der Waals surface area contributed by atoms with E-state index in [-0.39, 0.29) is 12.1 Å². The first-order valence-electron chi connectivity index (χ1n) is 12.2. The molecule has 0 spiro atoms. The van der Waals surface area contributed by atoms with E-state index in [9.17, 15) is 4.79 Å². The zero-order valence-electron chi connectivity index (χ0n) is 20.2. The van der Waals surface area contributed by atoms with Gasteiger partial charge in [0.15, 0.2) is 0 Å². The van der Waals surface area contributed by atoms with Gasteiger partial charge >= 0.3 is 5.97 Å². The van der Waals surface area contributed by atoms with Gasteiger partial charge in [0.1, 0.15) is 12.0 Å². The molecule has 177 valence electrons. The Hall–Kier alpha value is -3.22. The van der Waals surface area contributed by atoms with E-state index in [2.05, 4.69) is 67.8 Å². The van der Waals surface area contributed by atoms with Crippen molar-refractivity contribution in [2.75, 3.05) is 0 Å². The van der Waals surface area contributed by atoms with E-state index in [1.807, 2.05) is 79.7 Å². The third kappa shape index (κ3) is 5.45. The Kier molecular flexibility index (Phi) is 7.94. The number of ether oxygens (including phenoxy) is 1. The largest absolute Gasteiger partial charge is 0.461 e. The maximum absolute atomic E-state index is 13.7. The Morgan fingerprint density at radius 2 is 1.08 bits per heavy atom. The molecule has 0 aromatic heterocycles. The molecule has 2 nitrogen and oxygen atoms in total. The van der Waals surface area contributed by atoms with Crippen molar-refractivity contribution in [2.45, 2.75) is 18.9 Å². The normalized spacial score (nSPS) is 15.3. The smallest absolute Gasteiger partial charge is 0.318 e. The maximum Gasteiger partial charge on any atom is 0.318 e. The molecule has 4 aromatic rings. The van der Waals surface area contributed by atoms with Crippen molar-refractivity contribution < 1.29 is 9.53 Å². The molecule has 1 aliphatic carbocycles. The molecule has 0 amide bonds. The molecule has 5 rings (SSSR count). The molecule has 0 saturated heterocycles. The van der Waals surface area contributed by atoms with Gasteiger partial charge in [-0.05, 0) is 55.8 Å². The van der Waals surface area contributed by atoms with Crippen molar-refractivity contribution in [1.29, 1.82) is 0 Å². The molecule has 1 saturated carbocycles. The molecule has 1 atom stereocenters. The van der Waals surface area contributed by atoms with Gasteiger partial charge in [-0.2, -0.15) is 0 Å². The van der Waals surface area contributed by atoms with E-state index >= 15 is 0 Å². The molecule has 36 heavy (non-hydrogen) atoms. The molecule has 3 heteroatoms. The van der Waals surface area contributed by atoms with Crippen LogP contribution >= 0.6 is 7.92 Å². The van der Waals surface area contributed by atoms with Crippen molar-refractivity contribution in [3.05, 3.63) is 163 Å². The lowest BCUT2D eigenvalue weighted by Gasteiger charge is -2.32. The van der Waals surface area contributed by atoms with Crippen LogP contribution in [-0.2, 0) is 9.53 Å². The molecule has 0 heterocycles. The minimum absolute atomic E-state index is 0.240. The van der Waals surface area contributed by atoms with Crippen LogP contribution in [0.25, 0.3) is 0 Å². The highest BCUT2D eigenvalue weighted by Crippen LogP contribution is 2.57. The van der Waals surface area contributed by atoms with E-state index in [1.54, 1.807) is 0 Å². The second-order valence-corrected chi connectivity index (χ2v) is 10.9. The fraction of sp³-hybridized carbons (Fsp3) is 0.0909. The van der Waals surface area contributed by atoms with Crippen molar-refractivity contribution in [3.8, 4) is 0 Å². The van der Waals surface area contributed by atoms with Crippen LogP contribution in [0.4, 0.5) is 0 Å². The first-order chi connectivity index (χ1) is 17.7. The maximum atomic E-state index is 13.7. The van der Waals surface area contributed by atoms with Gasteiger partial charge in [-0.3, -0.25) is 4.79 Å². The third-order valence-corrected chi connectivity index (χ3v) is 8.85. The fourth-order valence-electron chi connectivity index (χ4n) is 4.61. The number of benzene rings is 4. The minimum atomic E-state index is -0.781. The van der Waals surface area contributed by atoms with Crippen molar-refractivity contribution >= 4 is 24.5 Å². The molecule has 0 aliphatic heterocycles. The zero-order chi connectivity index (χ0) is 24.7. The quantitative estimate of drug-likeness (QED) is 0.206. The van der Waals surface area contributed by atoms with Crippen LogP contribution in [0, 0.1) is 30.8 Å². The number of esters is 1. The highest BCUT2D eigenvalue weighted by atomic mass is 31.1. The van der Waals surface area contributed by atoms with Crippen LogP contribution in [-0.4, -0.2) is 12.1 Å². The molecular formula is C33H28O2P. The Morgan fingerprint density at radius 3 is 1.56 bits per heavy atom. The lowest BCUT2D eigenvalue weighted by molar-refractivity contribution is -0.148. The van der Waals surface area contributed by atoms with Crippen LogP contribution in [0.2, 0.25) is 0 Å². The van der Waals surface area contributed by atoms with Crippen LogP contribution in [0.5, 0.6) is 0 Å². The monoisotopic (exact) mass is 487 g/mol. The van der Waals surface area contributed by atoms with Gasteiger partial charge in [0.05, 0.1) is 0 Å². The van der Waals surface area contributed by atoms with Crippen molar-refractivity contribution in [3.63, 3.8) is 0 Å². The average Bonchev–Trinajstić information content (AvgIpc) is 3.41. The summed E-state index contributed by atoms with van der Waals surface area (Å²) in [4.78, 5) is 13.7. The van der Waals surface area contributed by atoms with Crippen LogP contribution < -0.4 is 10.6 Å². The van der Waals surface area contributed by atoms with E-state index in [4.69, 9.17) is 4.74 Å². The van der Waals surface area contributed by atoms with Gasteiger partial charge in [-0.25, -0.2) is 0 Å². The summed E-state index contributed by atoms with van der Waals surface area (Å²) in [5, 5.41) is 2.55. The summed E-state index contributed by atoms with van der Waals surface area (Å²) < 4.78 is 6.20. The summed E-state index contributed by atoms with van der Waals surface area (Å²) in [6.07, 6.45) is 5.96. The summed E-state index contributed by atoms with van der Waals surface area (Å²) in [5.41, 5.74) is 3.08. The number of hydrogen-bond acceptors (Lipinski definition) is 2. The highest BCUT2D eigenvalue weighted by Gasteiger charge is 2.41. The third-order valence-electron chi connectivity index (χ3n) is 6.33. The van der Waals surface area contributed by atoms with Gasteiger partial charge in [0.25, 0.3) is 0 Å². The SMILES string of the molecule is C[C@H](OC(=O)C(c1ccccc1)c1ccccc1)[C]1[CH][CH][CH][C]1P(c1ccccc1)c1ccccc1. The van der Waals surface area contributed by atoms with Gasteiger partial charge in [0, 0.05) is 11.6 Å². The molecule has 4 aromatic carbocycles. The lowest BCUT2D eigenvalue weighted by atomic mass is 9.91. The van der Waals surface area contributed by atoms with E-state index < -0.39 is 13.8 Å². The summed E-state index contributed by atoms with van der Waals surface area (Å²) in [5.74, 6) is 0.343. The molecule has 0 unspecified atom stereocenters. The van der Waals surface area contributed by atoms with Crippen molar-refractivity contribution in [1.82, 2.24) is 0 Å². The van der Waals surface area contributed by atoms with Gasteiger partial charge in [-0.15, -0.1) is 0 Å². The van der Waals surface area contributed by atoms with E-state index in [0.717, 1.165) is 17.0 Å². The van der Waals surface area contributed by atoms with Crippen LogP contribution in [0.3, 0.4) is 0 Å². The second-order valence-electron chi connectivity index (χ2n) is 8.71. The first-order valence-corrected chi connectivity index (χ1v) is 13.5. The summed E-state index contributed by atoms with van der Waals surface area (Å²) >= 11 is 0. The first kappa shape index (κ1) is 24.5. The van der Waals surface area contributed by atoms with Gasteiger partial charge in [-0.1, -0.05) is 121 Å². The summed E-state index contributed by atoms with van der Waals surface area (Å²) in [6, 6.07) is 40.9. The Morgan fingerprint density at radius 1 is 0.639 bits per heavy atom. The number of hydrogen-bond donors (Lipinski definition) is 0. The Labute approximate surface area is 216 Å². The number of rotatable bonds is 8. The Balaban J connectivity index is 1.41. The minimum Gasteiger partial charge on any atom is -0.461 e. The standard InChI is InChI=1S/C33H28O2P/c1-25(35-33(34)32(26-15-6-2-7-16-26)27-17-8-3-9-18-27)30-23-14-24-31(30)36(28-19-10-4-11-20-28)29-21-12-5-13-22-29/h2-25,32H,1H3/t25-/m0/s1. The summed E-state index contributed by atoms with van der Waals surface area (Å²) in [6.45, 7) is 1.98. The Bertz CT molecular complexity index is 1150.